The van der Waals surface area contributed by atoms with E-state index in [-0.39, 0.29) is 5.41 Å². The number of esters is 2. The molecule has 4 aromatic rings. The largest absolute Gasteiger partial charge is 0.491 e. The van der Waals surface area contributed by atoms with Crippen LogP contribution in [-0.2, 0) is 15.9 Å². The van der Waals surface area contributed by atoms with Gasteiger partial charge in [0.2, 0.25) is 0 Å². The van der Waals surface area contributed by atoms with Gasteiger partial charge in [0.1, 0.15) is 23.9 Å². The lowest BCUT2D eigenvalue weighted by atomic mass is 9.90. The van der Waals surface area contributed by atoms with E-state index in [1.165, 1.54) is 0 Å². The predicted molar refractivity (Wildman–Crippen MR) is 159 cm³/mol. The van der Waals surface area contributed by atoms with E-state index in [0.29, 0.717) is 60.3 Å². The maximum absolute atomic E-state index is 12.8. The highest BCUT2D eigenvalue weighted by Gasteiger charge is 2.33. The van der Waals surface area contributed by atoms with Crippen LogP contribution in [-0.4, -0.2) is 45.0 Å². The Morgan fingerprint density at radius 3 is 1.81 bits per heavy atom. The number of carbonyl (C=O) groups is 2. The Morgan fingerprint density at radius 2 is 1.30 bits per heavy atom. The van der Waals surface area contributed by atoms with E-state index in [4.69, 9.17) is 30.3 Å². The fraction of sp³-hybridized carbons (Fsp3) is 0.229. The molecule has 1 aliphatic heterocycles. The smallest absolute Gasteiger partial charge is 0.343 e. The first-order chi connectivity index (χ1) is 20.9. The van der Waals surface area contributed by atoms with Gasteiger partial charge in [-0.1, -0.05) is 43.3 Å². The Labute approximate surface area is 249 Å². The highest BCUT2D eigenvalue weighted by molar-refractivity contribution is 5.92. The fourth-order valence-corrected chi connectivity index (χ4v) is 5.05. The molecular formula is C35H29NO7. The molecule has 216 valence electrons. The zero-order valence-electron chi connectivity index (χ0n) is 23.6. The lowest BCUT2D eigenvalue weighted by Gasteiger charge is -2.37. The molecule has 1 heterocycles. The van der Waals surface area contributed by atoms with Gasteiger partial charge in [0.15, 0.2) is 5.69 Å². The van der Waals surface area contributed by atoms with Crippen molar-refractivity contribution < 1.29 is 33.3 Å². The molecule has 0 N–H and O–H groups in total. The first kappa shape index (κ1) is 28.2. The summed E-state index contributed by atoms with van der Waals surface area (Å²) in [5, 5.41) is 0. The van der Waals surface area contributed by atoms with Crippen LogP contribution in [0.2, 0.25) is 0 Å². The van der Waals surface area contributed by atoms with Crippen LogP contribution in [0.15, 0.2) is 84.9 Å². The summed E-state index contributed by atoms with van der Waals surface area (Å²) in [6, 6.07) is 24.3. The van der Waals surface area contributed by atoms with E-state index in [2.05, 4.69) is 11.8 Å². The van der Waals surface area contributed by atoms with Crippen LogP contribution in [0.5, 0.6) is 17.2 Å². The molecule has 0 atom stereocenters. The third-order valence-corrected chi connectivity index (χ3v) is 7.42. The lowest BCUT2D eigenvalue weighted by molar-refractivity contribution is -0.139. The first-order valence-corrected chi connectivity index (χ1v) is 14.0. The van der Waals surface area contributed by atoms with Crippen molar-refractivity contribution in [2.45, 2.75) is 13.3 Å². The number of carbonyl (C=O) groups excluding carboxylic acids is 2. The van der Waals surface area contributed by atoms with Gasteiger partial charge >= 0.3 is 11.9 Å². The van der Waals surface area contributed by atoms with Crippen LogP contribution in [0.3, 0.4) is 0 Å². The second kappa shape index (κ2) is 12.1. The molecule has 0 radical (unpaired) electrons. The minimum Gasteiger partial charge on any atom is -0.491 e. The second-order valence-corrected chi connectivity index (χ2v) is 11.0. The summed E-state index contributed by atoms with van der Waals surface area (Å²) >= 11 is 0. The molecule has 0 amide bonds. The molecule has 0 aromatic heterocycles. The minimum absolute atomic E-state index is 0.111. The van der Waals surface area contributed by atoms with Gasteiger partial charge in [-0.2, -0.15) is 0 Å². The number of hydrogen-bond acceptors (Lipinski definition) is 7. The lowest BCUT2D eigenvalue weighted by Crippen LogP contribution is -2.43. The highest BCUT2D eigenvalue weighted by Crippen LogP contribution is 2.40. The SMILES string of the molecule is [C-]#[N+]c1ccc(C(=O)Oc2ccc3c(c2)Cc2cc(OC(=O)c4ccc(OCCOCC5(C)COC5)cc4)ccc2-3)cc1. The van der Waals surface area contributed by atoms with Crippen LogP contribution in [0.25, 0.3) is 16.0 Å². The summed E-state index contributed by atoms with van der Waals surface area (Å²) < 4.78 is 27.9. The minimum atomic E-state index is -0.487. The van der Waals surface area contributed by atoms with Gasteiger partial charge in [0, 0.05) is 5.41 Å². The van der Waals surface area contributed by atoms with Crippen LogP contribution in [0, 0.1) is 12.0 Å². The fourth-order valence-electron chi connectivity index (χ4n) is 5.05. The highest BCUT2D eigenvalue weighted by atomic mass is 16.5. The van der Waals surface area contributed by atoms with Gasteiger partial charge in [-0.3, -0.25) is 0 Å². The maximum Gasteiger partial charge on any atom is 0.343 e. The molecule has 1 fully saturated rings. The molecule has 0 saturated carbocycles. The number of fused-ring (bicyclic) bond motifs is 3. The number of benzene rings is 4. The van der Waals surface area contributed by atoms with Crippen LogP contribution in [0.4, 0.5) is 5.69 Å². The summed E-state index contributed by atoms with van der Waals surface area (Å²) in [6.45, 7) is 12.2. The quantitative estimate of drug-likeness (QED) is 0.0795. The van der Waals surface area contributed by atoms with Gasteiger partial charge in [-0.05, 0) is 77.2 Å². The van der Waals surface area contributed by atoms with Crippen molar-refractivity contribution >= 4 is 17.6 Å². The molecule has 43 heavy (non-hydrogen) atoms. The predicted octanol–water partition coefficient (Wildman–Crippen LogP) is 6.68. The summed E-state index contributed by atoms with van der Waals surface area (Å²) in [7, 11) is 0. The monoisotopic (exact) mass is 575 g/mol. The first-order valence-electron chi connectivity index (χ1n) is 14.0. The third-order valence-electron chi connectivity index (χ3n) is 7.42. The summed E-state index contributed by atoms with van der Waals surface area (Å²) in [4.78, 5) is 28.7. The van der Waals surface area contributed by atoms with Gasteiger partial charge in [-0.15, -0.1) is 0 Å². The zero-order valence-corrected chi connectivity index (χ0v) is 23.6. The molecule has 2 aliphatic rings. The van der Waals surface area contributed by atoms with E-state index in [9.17, 15) is 9.59 Å². The molecular weight excluding hydrogens is 546 g/mol. The summed E-state index contributed by atoms with van der Waals surface area (Å²) in [5.74, 6) is 0.598. The Morgan fingerprint density at radius 1 is 0.767 bits per heavy atom. The van der Waals surface area contributed by atoms with Crippen molar-refractivity contribution in [2.75, 3.05) is 33.0 Å². The average Bonchev–Trinajstić information content (AvgIpc) is 3.37. The number of ether oxygens (including phenoxy) is 5. The van der Waals surface area contributed by atoms with Gasteiger partial charge in [0.05, 0.1) is 44.1 Å². The van der Waals surface area contributed by atoms with E-state index < -0.39 is 11.9 Å². The molecule has 0 bridgehead atoms. The number of hydrogen-bond donors (Lipinski definition) is 0. The van der Waals surface area contributed by atoms with Crippen molar-refractivity contribution in [2.24, 2.45) is 5.41 Å². The van der Waals surface area contributed by atoms with Gasteiger partial charge in [0.25, 0.3) is 0 Å². The third kappa shape index (κ3) is 6.44. The summed E-state index contributed by atoms with van der Waals surface area (Å²) in [5.41, 5.74) is 5.48. The summed E-state index contributed by atoms with van der Waals surface area (Å²) in [6.07, 6.45) is 0.615. The Bertz CT molecular complexity index is 1700. The van der Waals surface area contributed by atoms with Crippen molar-refractivity contribution in [3.05, 3.63) is 119 Å². The second-order valence-electron chi connectivity index (χ2n) is 11.0. The van der Waals surface area contributed by atoms with E-state index in [0.717, 1.165) is 35.5 Å². The van der Waals surface area contributed by atoms with Crippen LogP contribution < -0.4 is 14.2 Å². The Balaban J connectivity index is 1.02. The van der Waals surface area contributed by atoms with E-state index in [1.54, 1.807) is 60.7 Å². The molecule has 1 aliphatic carbocycles. The zero-order chi connectivity index (χ0) is 29.8. The molecule has 4 aromatic carbocycles. The normalized spacial score (nSPS) is 14.0. The standard InChI is InChI=1S/C35H29NO7/c1-35(21-40-22-35)20-39-15-16-41-28-9-5-24(6-10-28)34(38)43-30-12-14-32-26(19-30)17-25-18-29(11-13-31(25)32)42-33(37)23-3-7-27(36-2)8-4-23/h3-14,18-19H,15-17,20-22H2,1H3. The number of nitrogens with zero attached hydrogens (tertiary/aromatic N) is 1. The van der Waals surface area contributed by atoms with Crippen LogP contribution >= 0.6 is 0 Å². The van der Waals surface area contributed by atoms with Crippen molar-refractivity contribution in [1.29, 1.82) is 0 Å². The molecule has 6 rings (SSSR count). The topological polar surface area (TPSA) is 84.7 Å². The van der Waals surface area contributed by atoms with Crippen molar-refractivity contribution in [3.8, 4) is 28.4 Å². The molecule has 0 unspecified atom stereocenters. The Hall–Kier alpha value is -4.97. The molecule has 8 heteroatoms. The van der Waals surface area contributed by atoms with Gasteiger partial charge < -0.3 is 23.7 Å². The van der Waals surface area contributed by atoms with Crippen molar-refractivity contribution in [3.63, 3.8) is 0 Å². The van der Waals surface area contributed by atoms with Crippen LogP contribution in [0.1, 0.15) is 38.8 Å². The van der Waals surface area contributed by atoms with E-state index >= 15 is 0 Å². The number of rotatable bonds is 10. The average molecular weight is 576 g/mol. The van der Waals surface area contributed by atoms with E-state index in [1.807, 2.05) is 24.3 Å². The molecule has 0 spiro atoms. The molecule has 8 nitrogen and oxygen atoms in total. The maximum atomic E-state index is 12.8. The van der Waals surface area contributed by atoms with Gasteiger partial charge in [-0.25, -0.2) is 14.4 Å². The van der Waals surface area contributed by atoms with Crippen molar-refractivity contribution in [1.82, 2.24) is 0 Å². The Kier molecular flexibility index (Phi) is 7.93. The molecule has 1 saturated heterocycles.